The first-order valence-electron chi connectivity index (χ1n) is 9.22. The van der Waals surface area contributed by atoms with Crippen molar-refractivity contribution in [3.05, 3.63) is 46.2 Å². The summed E-state index contributed by atoms with van der Waals surface area (Å²) >= 11 is 3.96. The molecule has 1 atom stereocenters. The van der Waals surface area contributed by atoms with Crippen molar-refractivity contribution in [3.63, 3.8) is 0 Å². The van der Waals surface area contributed by atoms with E-state index in [2.05, 4.69) is 20.0 Å². The predicted octanol–water partition coefficient (Wildman–Crippen LogP) is 4.26. The highest BCUT2D eigenvalue weighted by Crippen LogP contribution is 2.39. The predicted molar refractivity (Wildman–Crippen MR) is 120 cm³/mol. The first-order chi connectivity index (χ1) is 15.4. The maximum Gasteiger partial charge on any atom is 0.387 e. The molecule has 0 unspecified atom stereocenters. The van der Waals surface area contributed by atoms with Crippen molar-refractivity contribution >= 4 is 51.2 Å². The molecule has 168 valence electrons. The van der Waals surface area contributed by atoms with Crippen LogP contribution in [0.15, 0.2) is 45.2 Å². The first-order valence-corrected chi connectivity index (χ1v) is 11.9. The number of aromatic nitrogens is 2. The fourth-order valence-electron chi connectivity index (χ4n) is 3.14. The molecule has 1 aliphatic heterocycles. The second kappa shape index (κ2) is 9.79. The van der Waals surface area contributed by atoms with E-state index in [9.17, 15) is 13.6 Å². The lowest BCUT2D eigenvalue weighted by atomic mass is 10.0. The molecule has 1 aliphatic rings. The van der Waals surface area contributed by atoms with E-state index in [0.29, 0.717) is 21.5 Å². The van der Waals surface area contributed by atoms with E-state index in [4.69, 9.17) is 10.5 Å². The number of nitrogens with two attached hydrogens (primary N) is 1. The largest absolute Gasteiger partial charge is 0.493 e. The maximum absolute atomic E-state index is 13.1. The number of amides is 1. The minimum absolute atomic E-state index is 0.0778. The van der Waals surface area contributed by atoms with Gasteiger partial charge in [-0.1, -0.05) is 35.2 Å². The van der Waals surface area contributed by atoms with Gasteiger partial charge in [0.05, 0.1) is 29.5 Å². The number of ether oxygens (including phenoxy) is 2. The van der Waals surface area contributed by atoms with Crippen molar-refractivity contribution in [2.45, 2.75) is 23.4 Å². The van der Waals surface area contributed by atoms with Crippen molar-refractivity contribution in [1.29, 1.82) is 0 Å². The zero-order valence-electron chi connectivity index (χ0n) is 16.6. The summed E-state index contributed by atoms with van der Waals surface area (Å²) in [7, 11) is 1.37. The van der Waals surface area contributed by atoms with E-state index in [1.165, 1.54) is 52.6 Å². The Kier molecular flexibility index (Phi) is 6.86. The smallest absolute Gasteiger partial charge is 0.387 e. The third-order valence-corrected chi connectivity index (χ3v) is 7.29. The third kappa shape index (κ3) is 5.00. The molecule has 3 heterocycles. The van der Waals surface area contributed by atoms with Gasteiger partial charge >= 0.3 is 6.61 Å². The lowest BCUT2D eigenvalue weighted by molar-refractivity contribution is -0.130. The number of anilines is 1. The highest BCUT2D eigenvalue weighted by molar-refractivity contribution is 8.01. The highest BCUT2D eigenvalue weighted by Gasteiger charge is 2.34. The van der Waals surface area contributed by atoms with E-state index < -0.39 is 12.7 Å². The van der Waals surface area contributed by atoms with Crippen LogP contribution < -0.4 is 15.2 Å². The van der Waals surface area contributed by atoms with Gasteiger partial charge in [-0.25, -0.2) is 5.01 Å². The molecule has 0 fully saturated rings. The third-order valence-electron chi connectivity index (χ3n) is 4.50. The zero-order chi connectivity index (χ0) is 22.7. The Bertz CT molecular complexity index is 1120. The first kappa shape index (κ1) is 22.4. The molecule has 32 heavy (non-hydrogen) atoms. The number of hydrazone groups is 1. The van der Waals surface area contributed by atoms with E-state index in [1.54, 1.807) is 12.1 Å². The van der Waals surface area contributed by atoms with Crippen LogP contribution in [0, 0.1) is 0 Å². The molecule has 1 aromatic carbocycles. The van der Waals surface area contributed by atoms with Gasteiger partial charge in [0.1, 0.15) is 0 Å². The number of nitrogens with zero attached hydrogens (tertiary/aromatic N) is 4. The monoisotopic (exact) mass is 497 g/mol. The van der Waals surface area contributed by atoms with Crippen LogP contribution >= 0.6 is 34.4 Å². The second-order valence-electron chi connectivity index (χ2n) is 6.47. The summed E-state index contributed by atoms with van der Waals surface area (Å²) in [6.45, 7) is -2.97. The van der Waals surface area contributed by atoms with Gasteiger partial charge < -0.3 is 15.2 Å². The van der Waals surface area contributed by atoms with Crippen LogP contribution in [0.4, 0.5) is 13.9 Å². The van der Waals surface area contributed by atoms with Gasteiger partial charge in [0.15, 0.2) is 15.8 Å². The summed E-state index contributed by atoms with van der Waals surface area (Å²) in [5.74, 6) is -0.0626. The summed E-state index contributed by atoms with van der Waals surface area (Å²) in [5.41, 5.74) is 7.06. The number of carbonyl (C=O) groups excluding carboxylic acids is 1. The number of rotatable bonds is 8. The number of methoxy groups -OCH3 is 1. The molecule has 0 saturated carbocycles. The van der Waals surface area contributed by atoms with Crippen LogP contribution in [0.3, 0.4) is 0 Å². The molecule has 8 nitrogen and oxygen atoms in total. The van der Waals surface area contributed by atoms with Crippen LogP contribution in [0.5, 0.6) is 11.5 Å². The Morgan fingerprint density at radius 2 is 2.19 bits per heavy atom. The normalized spacial score (nSPS) is 15.8. The Morgan fingerprint density at radius 3 is 2.84 bits per heavy atom. The molecule has 2 aromatic heterocycles. The van der Waals surface area contributed by atoms with Gasteiger partial charge in [0.25, 0.3) is 5.91 Å². The van der Waals surface area contributed by atoms with Gasteiger partial charge in [-0.3, -0.25) is 4.79 Å². The molecule has 0 spiro atoms. The molecular formula is C19H17F2N5O3S3. The minimum atomic E-state index is -2.97. The number of thioether (sulfide) groups is 1. The van der Waals surface area contributed by atoms with Crippen LogP contribution in [0.1, 0.15) is 22.9 Å². The number of carbonyl (C=O) groups is 1. The van der Waals surface area contributed by atoms with Crippen LogP contribution in [-0.2, 0) is 4.79 Å². The quantitative estimate of drug-likeness (QED) is 0.464. The van der Waals surface area contributed by atoms with Gasteiger partial charge in [0, 0.05) is 6.42 Å². The summed E-state index contributed by atoms with van der Waals surface area (Å²) < 4.78 is 35.7. The molecule has 3 aromatic rings. The number of halogens is 2. The number of alkyl halides is 2. The number of benzene rings is 1. The van der Waals surface area contributed by atoms with Gasteiger partial charge in [-0.05, 0) is 29.1 Å². The topological polar surface area (TPSA) is 103 Å². The SMILES string of the molecule is COc1cc([C@H]2CC(c3cccs3)=NN2C(=O)CSc2nnc(N)s2)ccc1OC(F)F. The summed E-state index contributed by atoms with van der Waals surface area (Å²) in [5, 5.41) is 15.9. The number of hydrogen-bond donors (Lipinski definition) is 1. The standard InChI is InChI=1S/C19H17F2N5O3S3/c1-28-14-7-10(4-5-13(14)29-17(20)21)12-8-11(15-3-2-6-30-15)25-26(12)16(27)9-31-19-24-23-18(22)32-19/h2-7,12,17H,8-9H2,1H3,(H2,22,23)/t12-/m1/s1. The van der Waals surface area contributed by atoms with Gasteiger partial charge in [-0.2, -0.15) is 13.9 Å². The van der Waals surface area contributed by atoms with Crippen LogP contribution in [-0.4, -0.2) is 46.3 Å². The second-order valence-corrected chi connectivity index (χ2v) is 9.65. The van der Waals surface area contributed by atoms with E-state index in [0.717, 1.165) is 10.6 Å². The Morgan fingerprint density at radius 1 is 1.34 bits per heavy atom. The van der Waals surface area contributed by atoms with Gasteiger partial charge in [0.2, 0.25) is 5.13 Å². The summed E-state index contributed by atoms with van der Waals surface area (Å²) in [4.78, 5) is 14.0. The van der Waals surface area contributed by atoms with Crippen molar-refractivity contribution in [2.75, 3.05) is 18.6 Å². The Balaban J connectivity index is 1.59. The van der Waals surface area contributed by atoms with E-state index >= 15 is 0 Å². The van der Waals surface area contributed by atoms with Crippen molar-refractivity contribution in [3.8, 4) is 11.5 Å². The average Bonchev–Trinajstić information content (AvgIpc) is 3.52. The van der Waals surface area contributed by atoms with Crippen LogP contribution in [0.25, 0.3) is 0 Å². The molecule has 13 heteroatoms. The van der Waals surface area contributed by atoms with Crippen molar-refractivity contribution < 1.29 is 23.0 Å². The van der Waals surface area contributed by atoms with E-state index in [1.807, 2.05) is 17.5 Å². The van der Waals surface area contributed by atoms with Gasteiger partial charge in [-0.15, -0.1) is 21.5 Å². The number of nitrogen functional groups attached to an aromatic ring is 1. The Hall–Kier alpha value is -2.77. The van der Waals surface area contributed by atoms with Crippen molar-refractivity contribution in [1.82, 2.24) is 15.2 Å². The lowest BCUT2D eigenvalue weighted by Gasteiger charge is -2.22. The minimum Gasteiger partial charge on any atom is -0.493 e. The summed E-state index contributed by atoms with van der Waals surface area (Å²) in [6, 6.07) is 8.06. The molecule has 0 bridgehead atoms. The molecule has 0 aliphatic carbocycles. The molecule has 0 radical (unpaired) electrons. The highest BCUT2D eigenvalue weighted by atomic mass is 32.2. The molecular weight excluding hydrogens is 480 g/mol. The molecule has 4 rings (SSSR count). The number of hydrogen-bond acceptors (Lipinski definition) is 10. The number of thiophene rings is 1. The van der Waals surface area contributed by atoms with Crippen molar-refractivity contribution in [2.24, 2.45) is 5.10 Å². The fraction of sp³-hybridized carbons (Fsp3) is 0.263. The maximum atomic E-state index is 13.1. The Labute approximate surface area is 194 Å². The molecule has 0 saturated heterocycles. The fourth-order valence-corrected chi connectivity index (χ4v) is 5.35. The molecule has 2 N–H and O–H groups in total. The average molecular weight is 498 g/mol. The summed E-state index contributed by atoms with van der Waals surface area (Å²) in [6.07, 6.45) is 0.473. The van der Waals surface area contributed by atoms with E-state index in [-0.39, 0.29) is 23.2 Å². The molecule has 1 amide bonds. The zero-order valence-corrected chi connectivity index (χ0v) is 19.1. The lowest BCUT2D eigenvalue weighted by Crippen LogP contribution is -2.28. The van der Waals surface area contributed by atoms with Crippen LogP contribution in [0.2, 0.25) is 0 Å².